The maximum absolute atomic E-state index is 10.6. The minimum Gasteiger partial charge on any atom is -0.541 e. The van der Waals surface area contributed by atoms with E-state index in [2.05, 4.69) is 0 Å². The van der Waals surface area contributed by atoms with Gasteiger partial charge in [0.2, 0.25) is 0 Å². The smallest absolute Gasteiger partial charge is 0.0772 e. The van der Waals surface area contributed by atoms with Crippen molar-refractivity contribution in [2.24, 2.45) is 0 Å². The Hall–Kier alpha value is 0.444. The molecule has 0 aliphatic carbocycles. The summed E-state index contributed by atoms with van der Waals surface area (Å²) in [4.78, 5) is 20.2. The summed E-state index contributed by atoms with van der Waals surface area (Å²) >= 11 is 0. The van der Waals surface area contributed by atoms with E-state index < -0.39 is 0 Å². The zero-order valence-electron chi connectivity index (χ0n) is 6.31. The van der Waals surface area contributed by atoms with Crippen LogP contribution in [0.15, 0.2) is 0 Å². The largest absolute Gasteiger partial charge is 0.541 e. The van der Waals surface area contributed by atoms with Crippen molar-refractivity contribution in [3.63, 3.8) is 0 Å². The van der Waals surface area contributed by atoms with E-state index >= 15 is 0 Å². The summed E-state index contributed by atoms with van der Waals surface area (Å²) in [6, 6.07) is 0. The minimum atomic E-state index is -0.0643. The number of carbonyl (C=O) groups excluding carboxylic acids is 2. The molecule has 0 heterocycles. The number of Topliss-reactive ketones (excluding diaryl/α,β-unsaturated/α-hetero) is 1. The van der Waals surface area contributed by atoms with Crippen molar-refractivity contribution < 1.29 is 42.3 Å². The van der Waals surface area contributed by atoms with E-state index in [0.717, 1.165) is 5.92 Å². The molecule has 0 spiro atoms. The number of hydrogen-bond donors (Lipinski definition) is 0. The average Bonchev–Trinajstić information content (AvgIpc) is 1.63. The van der Waals surface area contributed by atoms with E-state index in [1.54, 1.807) is 6.29 Å². The second-order valence-corrected chi connectivity index (χ2v) is 2.24. The second-order valence-electron chi connectivity index (χ2n) is 2.24. The fraction of sp³-hybridized carbons (Fsp3) is 0.571. The van der Waals surface area contributed by atoms with Gasteiger partial charge in [-0.25, -0.2) is 0 Å². The van der Waals surface area contributed by atoms with Gasteiger partial charge in [0.1, 0.15) is 0 Å². The van der Waals surface area contributed by atoms with Crippen LogP contribution in [0.4, 0.5) is 0 Å². The maximum atomic E-state index is 10.6. The standard InChI is InChI=1S/C7H10O2.Y/c1-6(2)5-7(9)3-4-8;/h3,5H2,1-2H3;/q-2;. The molecule has 0 bridgehead atoms. The summed E-state index contributed by atoms with van der Waals surface area (Å²) < 4.78 is 0. The van der Waals surface area contributed by atoms with Crippen LogP contribution >= 0.6 is 0 Å². The number of carbonyl (C=O) groups is 1. The van der Waals surface area contributed by atoms with Crippen LogP contribution in [0, 0.1) is 5.92 Å². The Balaban J connectivity index is 0. The Labute approximate surface area is 86.6 Å². The Morgan fingerprint density at radius 2 is 2.00 bits per heavy atom. The maximum Gasteiger partial charge on any atom is 0.0772 e. The van der Waals surface area contributed by atoms with Crippen molar-refractivity contribution in [1.29, 1.82) is 0 Å². The van der Waals surface area contributed by atoms with Crippen LogP contribution in [0.2, 0.25) is 0 Å². The topological polar surface area (TPSA) is 34.1 Å². The third-order valence-corrected chi connectivity index (χ3v) is 0.820. The van der Waals surface area contributed by atoms with E-state index in [0.29, 0.717) is 6.42 Å². The first kappa shape index (κ1) is 13.1. The summed E-state index contributed by atoms with van der Waals surface area (Å²) in [5, 5.41) is 0. The molecular formula is C7H10O2Y-2. The summed E-state index contributed by atoms with van der Waals surface area (Å²) in [6.07, 6.45) is 1.91. The van der Waals surface area contributed by atoms with Gasteiger partial charge in [-0.2, -0.15) is 13.8 Å². The molecule has 0 aliphatic rings. The Morgan fingerprint density at radius 3 is 2.30 bits per heavy atom. The number of ketones is 1. The first-order chi connectivity index (χ1) is 4.16. The summed E-state index contributed by atoms with van der Waals surface area (Å²) in [7, 11) is 0. The van der Waals surface area contributed by atoms with Gasteiger partial charge in [0.25, 0.3) is 0 Å². The third kappa shape index (κ3) is 8.44. The molecule has 0 saturated carbocycles. The van der Waals surface area contributed by atoms with Gasteiger partial charge in [-0.3, -0.25) is 6.29 Å². The van der Waals surface area contributed by atoms with Crippen molar-refractivity contribution >= 4 is 12.1 Å². The molecule has 0 aliphatic heterocycles. The SMILES string of the molecule is C[C-](C)CC(=O)C[C-]=O.[Y]. The summed E-state index contributed by atoms with van der Waals surface area (Å²) in [5.41, 5.74) is 0. The van der Waals surface area contributed by atoms with E-state index in [1.165, 1.54) is 0 Å². The van der Waals surface area contributed by atoms with E-state index in [-0.39, 0.29) is 44.9 Å². The molecule has 0 aromatic carbocycles. The molecule has 0 rings (SSSR count). The normalized spacial score (nSPS) is 8.70. The molecule has 1 radical (unpaired) electrons. The molecule has 10 heavy (non-hydrogen) atoms. The van der Waals surface area contributed by atoms with Gasteiger partial charge in [-0.1, -0.05) is 6.42 Å². The van der Waals surface area contributed by atoms with Gasteiger partial charge < -0.3 is 15.5 Å². The van der Waals surface area contributed by atoms with Crippen LogP contribution in [-0.4, -0.2) is 12.1 Å². The molecule has 0 aromatic rings. The zero-order chi connectivity index (χ0) is 7.28. The third-order valence-electron chi connectivity index (χ3n) is 0.820. The van der Waals surface area contributed by atoms with Crippen molar-refractivity contribution in [1.82, 2.24) is 0 Å². The Morgan fingerprint density at radius 1 is 1.50 bits per heavy atom. The van der Waals surface area contributed by atoms with Crippen LogP contribution in [0.1, 0.15) is 26.7 Å². The van der Waals surface area contributed by atoms with E-state index in [4.69, 9.17) is 0 Å². The molecule has 3 heteroatoms. The molecule has 0 saturated heterocycles. The van der Waals surface area contributed by atoms with E-state index in [9.17, 15) is 9.59 Å². The number of rotatable bonds is 4. The first-order valence-electron chi connectivity index (χ1n) is 2.82. The van der Waals surface area contributed by atoms with Gasteiger partial charge >= 0.3 is 0 Å². The Kier molecular flexibility index (Phi) is 9.86. The minimum absolute atomic E-state index is 0. The molecule has 0 atom stereocenters. The molecule has 0 N–H and O–H groups in total. The van der Waals surface area contributed by atoms with Crippen molar-refractivity contribution in [2.45, 2.75) is 26.7 Å². The molecule has 0 amide bonds. The van der Waals surface area contributed by atoms with Crippen molar-refractivity contribution in [3.8, 4) is 0 Å². The average molecular weight is 215 g/mol. The van der Waals surface area contributed by atoms with Crippen LogP contribution < -0.4 is 0 Å². The Bertz CT molecular complexity index is 110. The molecule has 0 fully saturated rings. The van der Waals surface area contributed by atoms with E-state index in [1.807, 2.05) is 13.8 Å². The van der Waals surface area contributed by atoms with Gasteiger partial charge in [0.15, 0.2) is 0 Å². The van der Waals surface area contributed by atoms with Crippen LogP contribution in [-0.2, 0) is 42.3 Å². The van der Waals surface area contributed by atoms with Gasteiger partial charge in [-0.15, -0.1) is 6.42 Å². The second kappa shape index (κ2) is 7.55. The predicted molar refractivity (Wildman–Crippen MR) is 34.5 cm³/mol. The van der Waals surface area contributed by atoms with Gasteiger partial charge in [-0.05, 0) is 0 Å². The van der Waals surface area contributed by atoms with Gasteiger partial charge in [0.05, 0.1) is 5.78 Å². The summed E-state index contributed by atoms with van der Waals surface area (Å²) in [6.45, 7) is 3.73. The first-order valence-corrected chi connectivity index (χ1v) is 2.82. The van der Waals surface area contributed by atoms with Gasteiger partial charge in [0, 0.05) is 32.7 Å². The molecule has 0 unspecified atom stereocenters. The molecule has 0 aromatic heterocycles. The fourth-order valence-electron chi connectivity index (χ4n) is 0.537. The molecular weight excluding hydrogens is 205 g/mol. The molecule has 55 valence electrons. The van der Waals surface area contributed by atoms with Crippen LogP contribution in [0.3, 0.4) is 0 Å². The predicted octanol–water partition coefficient (Wildman–Crippen LogP) is 1.06. The monoisotopic (exact) mass is 215 g/mol. The fourth-order valence-corrected chi connectivity index (χ4v) is 0.537. The molecule has 2 nitrogen and oxygen atoms in total. The summed E-state index contributed by atoms with van der Waals surface area (Å²) in [5.74, 6) is 0.986. The quantitative estimate of drug-likeness (QED) is 0.519. The zero-order valence-corrected chi connectivity index (χ0v) is 9.15. The number of hydrogen-bond acceptors (Lipinski definition) is 2. The van der Waals surface area contributed by atoms with Crippen molar-refractivity contribution in [3.05, 3.63) is 5.92 Å². The van der Waals surface area contributed by atoms with Crippen molar-refractivity contribution in [2.75, 3.05) is 0 Å². The van der Waals surface area contributed by atoms with Crippen LogP contribution in [0.5, 0.6) is 0 Å². The van der Waals surface area contributed by atoms with Crippen LogP contribution in [0.25, 0.3) is 0 Å².